The van der Waals surface area contributed by atoms with Crippen molar-refractivity contribution in [2.75, 3.05) is 23.9 Å². The van der Waals surface area contributed by atoms with Crippen LogP contribution in [0.3, 0.4) is 0 Å². The van der Waals surface area contributed by atoms with Crippen LogP contribution in [0.15, 0.2) is 18.2 Å². The van der Waals surface area contributed by atoms with E-state index in [1.807, 2.05) is 13.8 Å². The van der Waals surface area contributed by atoms with E-state index in [4.69, 9.17) is 10.9 Å². The van der Waals surface area contributed by atoms with Crippen LogP contribution < -0.4 is 16.6 Å². The summed E-state index contributed by atoms with van der Waals surface area (Å²) in [5.74, 6) is 5.26. The first-order chi connectivity index (χ1) is 8.38. The molecule has 1 rings (SSSR count). The molecule has 0 saturated carbocycles. The molecule has 0 saturated heterocycles. The van der Waals surface area contributed by atoms with Gasteiger partial charge in [0.15, 0.2) is 0 Å². The molecular weight excluding hydrogens is 236 g/mol. The molecule has 0 spiro atoms. The zero-order valence-electron chi connectivity index (χ0n) is 10.4. The van der Waals surface area contributed by atoms with Crippen LogP contribution in [0.25, 0.3) is 0 Å². The van der Waals surface area contributed by atoms with E-state index in [2.05, 4.69) is 10.7 Å². The molecule has 0 aliphatic heterocycles. The number of aliphatic hydroxyl groups excluding tert-OH is 1. The molecule has 0 aromatic heterocycles. The number of hydrogen-bond acceptors (Lipinski definition) is 6. The maximum Gasteiger partial charge on any atom is 0.273 e. The minimum absolute atomic E-state index is 0.0247. The minimum Gasteiger partial charge on any atom is -0.396 e. The van der Waals surface area contributed by atoms with Gasteiger partial charge in [-0.1, -0.05) is 13.8 Å². The van der Waals surface area contributed by atoms with Gasteiger partial charge in [-0.05, 0) is 6.07 Å². The van der Waals surface area contributed by atoms with E-state index in [1.54, 1.807) is 6.07 Å². The maximum absolute atomic E-state index is 10.7. The number of anilines is 2. The van der Waals surface area contributed by atoms with Crippen LogP contribution in [-0.2, 0) is 0 Å². The lowest BCUT2D eigenvalue weighted by atomic mass is 9.95. The molecule has 0 fully saturated rings. The van der Waals surface area contributed by atoms with Gasteiger partial charge >= 0.3 is 0 Å². The molecule has 18 heavy (non-hydrogen) atoms. The molecule has 0 amide bonds. The summed E-state index contributed by atoms with van der Waals surface area (Å²) in [6.07, 6.45) is 0. The first kappa shape index (κ1) is 14.2. The Morgan fingerprint density at radius 1 is 1.39 bits per heavy atom. The van der Waals surface area contributed by atoms with Crippen molar-refractivity contribution in [1.29, 1.82) is 0 Å². The van der Waals surface area contributed by atoms with Gasteiger partial charge in [0.1, 0.15) is 0 Å². The van der Waals surface area contributed by atoms with E-state index in [0.29, 0.717) is 17.9 Å². The van der Waals surface area contributed by atoms with Gasteiger partial charge in [-0.2, -0.15) is 0 Å². The number of non-ortho nitro benzene ring substituents is 1. The topological polar surface area (TPSA) is 113 Å². The van der Waals surface area contributed by atoms with Crippen molar-refractivity contribution in [3.63, 3.8) is 0 Å². The van der Waals surface area contributed by atoms with Crippen molar-refractivity contribution in [3.8, 4) is 0 Å². The van der Waals surface area contributed by atoms with E-state index < -0.39 is 4.92 Å². The Kier molecular flexibility index (Phi) is 4.46. The highest BCUT2D eigenvalue weighted by Gasteiger charge is 2.17. The third-order valence-corrected chi connectivity index (χ3v) is 2.49. The molecule has 0 unspecified atom stereocenters. The van der Waals surface area contributed by atoms with Crippen molar-refractivity contribution in [3.05, 3.63) is 28.3 Å². The zero-order valence-corrected chi connectivity index (χ0v) is 10.4. The average Bonchev–Trinajstić information content (AvgIpc) is 2.36. The van der Waals surface area contributed by atoms with Crippen molar-refractivity contribution < 1.29 is 10.0 Å². The number of rotatable bonds is 6. The van der Waals surface area contributed by atoms with Crippen molar-refractivity contribution in [2.45, 2.75) is 13.8 Å². The van der Waals surface area contributed by atoms with Crippen LogP contribution >= 0.6 is 0 Å². The molecule has 0 aliphatic rings. The second-order valence-corrected chi connectivity index (χ2v) is 4.85. The van der Waals surface area contributed by atoms with Crippen molar-refractivity contribution in [1.82, 2.24) is 0 Å². The predicted octanol–water partition coefficient (Wildman–Crippen LogP) is 1.31. The number of nitro benzene ring substituents is 1. The predicted molar refractivity (Wildman–Crippen MR) is 70.3 cm³/mol. The first-order valence-electron chi connectivity index (χ1n) is 5.49. The SMILES string of the molecule is CC(C)(CO)CNc1cc(NN)cc([N+](=O)[O-])c1. The quantitative estimate of drug-likeness (QED) is 0.346. The Labute approximate surface area is 105 Å². The van der Waals surface area contributed by atoms with Crippen LogP contribution in [-0.4, -0.2) is 23.2 Å². The molecule has 0 aliphatic carbocycles. The average molecular weight is 254 g/mol. The van der Waals surface area contributed by atoms with Crippen LogP contribution in [0.5, 0.6) is 0 Å². The monoisotopic (exact) mass is 254 g/mol. The van der Waals surface area contributed by atoms with Crippen LogP contribution in [0.1, 0.15) is 13.8 Å². The Morgan fingerprint density at radius 3 is 2.50 bits per heavy atom. The van der Waals surface area contributed by atoms with Crippen molar-refractivity contribution >= 4 is 17.1 Å². The number of aliphatic hydroxyl groups is 1. The number of hydrogen-bond donors (Lipinski definition) is 4. The summed E-state index contributed by atoms with van der Waals surface area (Å²) in [5.41, 5.74) is 3.06. The van der Waals surface area contributed by atoms with E-state index >= 15 is 0 Å². The smallest absolute Gasteiger partial charge is 0.273 e. The van der Waals surface area contributed by atoms with E-state index in [1.165, 1.54) is 12.1 Å². The van der Waals surface area contributed by atoms with Gasteiger partial charge in [0.25, 0.3) is 5.69 Å². The molecule has 5 N–H and O–H groups in total. The molecule has 1 aromatic carbocycles. The van der Waals surface area contributed by atoms with Gasteiger partial charge in [-0.15, -0.1) is 0 Å². The summed E-state index contributed by atoms with van der Waals surface area (Å²) in [7, 11) is 0. The van der Waals surface area contributed by atoms with Crippen LogP contribution in [0.2, 0.25) is 0 Å². The Bertz CT molecular complexity index is 434. The molecule has 100 valence electrons. The summed E-state index contributed by atoms with van der Waals surface area (Å²) < 4.78 is 0. The van der Waals surface area contributed by atoms with Gasteiger partial charge in [0.05, 0.1) is 10.6 Å². The number of nitrogens with zero attached hydrogens (tertiary/aromatic N) is 1. The summed E-state index contributed by atoms with van der Waals surface area (Å²) in [5, 5.41) is 22.9. The van der Waals surface area contributed by atoms with E-state index in [9.17, 15) is 10.1 Å². The fourth-order valence-electron chi connectivity index (χ4n) is 1.30. The zero-order chi connectivity index (χ0) is 13.8. The maximum atomic E-state index is 10.7. The van der Waals surface area contributed by atoms with Gasteiger partial charge in [-0.3, -0.25) is 16.0 Å². The fraction of sp³-hybridized carbons (Fsp3) is 0.455. The number of hydrazine groups is 1. The van der Waals surface area contributed by atoms with Crippen molar-refractivity contribution in [2.24, 2.45) is 11.3 Å². The highest BCUT2D eigenvalue weighted by molar-refractivity contribution is 5.63. The number of nitrogens with two attached hydrogens (primary N) is 1. The third-order valence-electron chi connectivity index (χ3n) is 2.49. The molecule has 0 heterocycles. The normalized spacial score (nSPS) is 11.1. The molecule has 7 nitrogen and oxygen atoms in total. The Balaban J connectivity index is 2.88. The highest BCUT2D eigenvalue weighted by Crippen LogP contribution is 2.25. The number of nitrogens with one attached hydrogen (secondary N) is 2. The molecular formula is C11H18N4O3. The van der Waals surface area contributed by atoms with Gasteiger partial charge in [0.2, 0.25) is 0 Å². The minimum atomic E-state index is -0.483. The Morgan fingerprint density at radius 2 is 2.00 bits per heavy atom. The summed E-state index contributed by atoms with van der Waals surface area (Å²) in [6.45, 7) is 4.30. The molecule has 0 atom stereocenters. The van der Waals surface area contributed by atoms with Gasteiger partial charge in [-0.25, -0.2) is 0 Å². The van der Waals surface area contributed by atoms with E-state index in [0.717, 1.165) is 0 Å². The second kappa shape index (κ2) is 5.65. The third kappa shape index (κ3) is 3.86. The lowest BCUT2D eigenvalue weighted by Crippen LogP contribution is -2.26. The summed E-state index contributed by atoms with van der Waals surface area (Å²) in [4.78, 5) is 10.3. The van der Waals surface area contributed by atoms with E-state index in [-0.39, 0.29) is 17.7 Å². The number of nitro groups is 1. The summed E-state index contributed by atoms with van der Waals surface area (Å²) >= 11 is 0. The van der Waals surface area contributed by atoms with Crippen LogP contribution in [0.4, 0.5) is 17.1 Å². The van der Waals surface area contributed by atoms with Crippen LogP contribution in [0, 0.1) is 15.5 Å². The molecule has 0 radical (unpaired) electrons. The van der Waals surface area contributed by atoms with Gasteiger partial charge in [0, 0.05) is 36.4 Å². The molecule has 7 heteroatoms. The second-order valence-electron chi connectivity index (χ2n) is 4.85. The largest absolute Gasteiger partial charge is 0.396 e. The standard InChI is InChI=1S/C11H18N4O3/c1-11(2,7-16)6-13-8-3-9(14-12)5-10(4-8)15(17)18/h3-5,13-14,16H,6-7,12H2,1-2H3. The summed E-state index contributed by atoms with van der Waals surface area (Å²) in [6, 6.07) is 4.44. The highest BCUT2D eigenvalue weighted by atomic mass is 16.6. The molecule has 0 bridgehead atoms. The van der Waals surface area contributed by atoms with Gasteiger partial charge < -0.3 is 15.8 Å². The first-order valence-corrected chi connectivity index (χ1v) is 5.49. The number of benzene rings is 1. The Hall–Kier alpha value is -1.86. The lowest BCUT2D eigenvalue weighted by molar-refractivity contribution is -0.384. The molecule has 1 aromatic rings. The number of nitrogen functional groups attached to an aromatic ring is 1. The lowest BCUT2D eigenvalue weighted by Gasteiger charge is -2.22. The fourth-order valence-corrected chi connectivity index (χ4v) is 1.30.